The number of amides is 1. The van der Waals surface area contributed by atoms with Gasteiger partial charge in [0.15, 0.2) is 0 Å². The number of hydrogen-bond acceptors (Lipinski definition) is 4. The Bertz CT molecular complexity index is 424. The molecule has 110 valence electrons. The average molecular weight is 277 g/mol. The van der Waals surface area contributed by atoms with E-state index in [4.69, 9.17) is 4.74 Å². The van der Waals surface area contributed by atoms with Gasteiger partial charge in [-0.25, -0.2) is 4.98 Å². The average Bonchev–Trinajstić information content (AvgIpc) is 2.53. The van der Waals surface area contributed by atoms with Crippen LogP contribution in [0.25, 0.3) is 0 Å². The summed E-state index contributed by atoms with van der Waals surface area (Å²) >= 11 is 0. The largest absolute Gasteiger partial charge is 0.372 e. The Hall–Kier alpha value is -1.62. The molecule has 0 aromatic carbocycles. The van der Waals surface area contributed by atoms with Crippen molar-refractivity contribution >= 4 is 11.7 Å². The van der Waals surface area contributed by atoms with E-state index in [1.54, 1.807) is 0 Å². The Morgan fingerprint density at radius 3 is 3.10 bits per heavy atom. The van der Waals surface area contributed by atoms with Gasteiger partial charge >= 0.3 is 0 Å². The molecule has 1 aromatic rings. The van der Waals surface area contributed by atoms with Crippen LogP contribution in [0.1, 0.15) is 19.8 Å². The van der Waals surface area contributed by atoms with Crippen molar-refractivity contribution in [2.45, 2.75) is 25.8 Å². The summed E-state index contributed by atoms with van der Waals surface area (Å²) in [5.41, 5.74) is 0. The number of carbonyl (C=O) groups is 1. The van der Waals surface area contributed by atoms with Crippen molar-refractivity contribution in [3.63, 3.8) is 0 Å². The Kier molecular flexibility index (Phi) is 5.35. The summed E-state index contributed by atoms with van der Waals surface area (Å²) in [6, 6.07) is 6.17. The summed E-state index contributed by atoms with van der Waals surface area (Å²) in [4.78, 5) is 20.5. The SMILES string of the molecule is CCOCC(=O)N(C)[C@H]1CCCN(c2ccccn2)C1. The first-order chi connectivity index (χ1) is 9.72. The molecular weight excluding hydrogens is 254 g/mol. The van der Waals surface area contributed by atoms with Crippen LogP contribution in [0, 0.1) is 0 Å². The van der Waals surface area contributed by atoms with Gasteiger partial charge in [-0.2, -0.15) is 0 Å². The van der Waals surface area contributed by atoms with Crippen LogP contribution in [0.15, 0.2) is 24.4 Å². The molecule has 0 N–H and O–H groups in total. The lowest BCUT2D eigenvalue weighted by Crippen LogP contribution is -2.49. The molecule has 0 spiro atoms. The van der Waals surface area contributed by atoms with Crippen LogP contribution in [0.4, 0.5) is 5.82 Å². The van der Waals surface area contributed by atoms with Crippen molar-refractivity contribution in [3.8, 4) is 0 Å². The Balaban J connectivity index is 1.94. The maximum absolute atomic E-state index is 12.0. The van der Waals surface area contributed by atoms with Gasteiger partial charge in [0.05, 0.1) is 0 Å². The molecule has 1 aliphatic rings. The van der Waals surface area contributed by atoms with Gasteiger partial charge in [0.25, 0.3) is 0 Å². The van der Waals surface area contributed by atoms with Gasteiger partial charge in [0.2, 0.25) is 5.91 Å². The minimum Gasteiger partial charge on any atom is -0.372 e. The van der Waals surface area contributed by atoms with Gasteiger partial charge in [-0.3, -0.25) is 4.79 Å². The zero-order chi connectivity index (χ0) is 14.4. The topological polar surface area (TPSA) is 45.7 Å². The number of carbonyl (C=O) groups excluding carboxylic acids is 1. The number of anilines is 1. The fraction of sp³-hybridized carbons (Fsp3) is 0.600. The Morgan fingerprint density at radius 2 is 2.40 bits per heavy atom. The third-order valence-electron chi connectivity index (χ3n) is 3.74. The van der Waals surface area contributed by atoms with E-state index in [0.717, 1.165) is 31.7 Å². The van der Waals surface area contributed by atoms with Gasteiger partial charge < -0.3 is 14.5 Å². The van der Waals surface area contributed by atoms with E-state index < -0.39 is 0 Å². The molecule has 2 rings (SSSR count). The predicted octanol–water partition coefficient (Wildman–Crippen LogP) is 1.55. The number of likely N-dealkylation sites (N-methyl/N-ethyl adjacent to an activating group) is 1. The highest BCUT2D eigenvalue weighted by Gasteiger charge is 2.26. The molecule has 1 atom stereocenters. The molecule has 2 heterocycles. The van der Waals surface area contributed by atoms with Gasteiger partial charge in [-0.05, 0) is 31.9 Å². The van der Waals surface area contributed by atoms with E-state index in [1.807, 2.05) is 43.3 Å². The number of nitrogens with zero attached hydrogens (tertiary/aromatic N) is 3. The molecule has 5 nitrogen and oxygen atoms in total. The van der Waals surface area contributed by atoms with E-state index in [2.05, 4.69) is 9.88 Å². The van der Waals surface area contributed by atoms with Crippen LogP contribution in [0.3, 0.4) is 0 Å². The van der Waals surface area contributed by atoms with Crippen molar-refractivity contribution in [1.82, 2.24) is 9.88 Å². The van der Waals surface area contributed by atoms with Crippen LogP contribution in [0.5, 0.6) is 0 Å². The number of rotatable bonds is 5. The second-order valence-corrected chi connectivity index (χ2v) is 5.07. The summed E-state index contributed by atoms with van der Waals surface area (Å²) < 4.78 is 5.20. The van der Waals surface area contributed by atoms with Crippen LogP contribution in [0.2, 0.25) is 0 Å². The maximum atomic E-state index is 12.0. The molecule has 1 saturated heterocycles. The molecule has 0 saturated carbocycles. The number of piperidine rings is 1. The minimum absolute atomic E-state index is 0.0553. The van der Waals surface area contributed by atoms with Crippen molar-refractivity contribution < 1.29 is 9.53 Å². The van der Waals surface area contributed by atoms with E-state index in [-0.39, 0.29) is 18.6 Å². The first-order valence-corrected chi connectivity index (χ1v) is 7.21. The van der Waals surface area contributed by atoms with E-state index in [9.17, 15) is 4.79 Å². The van der Waals surface area contributed by atoms with E-state index in [1.165, 1.54) is 0 Å². The third-order valence-corrected chi connectivity index (χ3v) is 3.74. The van der Waals surface area contributed by atoms with Crippen molar-refractivity contribution in [1.29, 1.82) is 0 Å². The van der Waals surface area contributed by atoms with Gasteiger partial charge in [0.1, 0.15) is 12.4 Å². The first kappa shape index (κ1) is 14.8. The zero-order valence-corrected chi connectivity index (χ0v) is 12.3. The predicted molar refractivity (Wildman–Crippen MR) is 78.7 cm³/mol. The highest BCUT2D eigenvalue weighted by atomic mass is 16.5. The number of hydrogen-bond donors (Lipinski definition) is 0. The highest BCUT2D eigenvalue weighted by molar-refractivity contribution is 5.77. The lowest BCUT2D eigenvalue weighted by atomic mass is 10.0. The number of aromatic nitrogens is 1. The molecule has 0 radical (unpaired) electrons. The van der Waals surface area contributed by atoms with E-state index >= 15 is 0 Å². The maximum Gasteiger partial charge on any atom is 0.248 e. The molecule has 1 aliphatic heterocycles. The quantitative estimate of drug-likeness (QED) is 0.819. The molecule has 0 bridgehead atoms. The van der Waals surface area contributed by atoms with Crippen LogP contribution >= 0.6 is 0 Å². The fourth-order valence-electron chi connectivity index (χ4n) is 2.51. The lowest BCUT2D eigenvalue weighted by Gasteiger charge is -2.38. The number of pyridine rings is 1. The molecule has 20 heavy (non-hydrogen) atoms. The second kappa shape index (κ2) is 7.24. The molecule has 5 heteroatoms. The summed E-state index contributed by atoms with van der Waals surface area (Å²) in [6.07, 6.45) is 3.92. The molecule has 0 aliphatic carbocycles. The monoisotopic (exact) mass is 277 g/mol. The highest BCUT2D eigenvalue weighted by Crippen LogP contribution is 2.20. The summed E-state index contributed by atoms with van der Waals surface area (Å²) in [5, 5.41) is 0. The summed E-state index contributed by atoms with van der Waals surface area (Å²) in [5.74, 6) is 1.04. The normalized spacial score (nSPS) is 18.9. The Morgan fingerprint density at radius 1 is 1.55 bits per heavy atom. The summed E-state index contributed by atoms with van der Waals surface area (Å²) in [6.45, 7) is 4.49. The third kappa shape index (κ3) is 3.70. The van der Waals surface area contributed by atoms with Gasteiger partial charge in [-0.1, -0.05) is 6.07 Å². The molecular formula is C15H23N3O2. The van der Waals surface area contributed by atoms with Crippen LogP contribution < -0.4 is 4.90 Å². The van der Waals surface area contributed by atoms with Crippen LogP contribution in [-0.4, -0.2) is 55.2 Å². The van der Waals surface area contributed by atoms with Crippen molar-refractivity contribution in [2.75, 3.05) is 38.3 Å². The standard InChI is InChI=1S/C15H23N3O2/c1-3-20-12-15(19)17(2)13-7-6-10-18(11-13)14-8-4-5-9-16-14/h4-5,8-9,13H,3,6-7,10-12H2,1-2H3/t13-/m0/s1. The zero-order valence-electron chi connectivity index (χ0n) is 12.3. The lowest BCUT2D eigenvalue weighted by molar-refractivity contribution is -0.136. The van der Waals surface area contributed by atoms with Gasteiger partial charge in [0, 0.05) is 39.0 Å². The Labute approximate surface area is 120 Å². The fourth-order valence-corrected chi connectivity index (χ4v) is 2.51. The van der Waals surface area contributed by atoms with Crippen molar-refractivity contribution in [3.05, 3.63) is 24.4 Å². The smallest absolute Gasteiger partial charge is 0.248 e. The summed E-state index contributed by atoms with van der Waals surface area (Å²) in [7, 11) is 1.87. The second-order valence-electron chi connectivity index (χ2n) is 5.07. The molecule has 0 unspecified atom stereocenters. The molecule has 1 aromatic heterocycles. The molecule has 1 fully saturated rings. The minimum atomic E-state index is 0.0553. The van der Waals surface area contributed by atoms with Crippen molar-refractivity contribution in [2.24, 2.45) is 0 Å². The number of ether oxygens (including phenoxy) is 1. The first-order valence-electron chi connectivity index (χ1n) is 7.21. The van der Waals surface area contributed by atoms with Gasteiger partial charge in [-0.15, -0.1) is 0 Å². The van der Waals surface area contributed by atoms with Crippen LogP contribution in [-0.2, 0) is 9.53 Å². The van der Waals surface area contributed by atoms with E-state index in [0.29, 0.717) is 6.61 Å². The molecule has 1 amide bonds.